The predicted molar refractivity (Wildman–Crippen MR) is 133 cm³/mol. The second kappa shape index (κ2) is 11.6. The Morgan fingerprint density at radius 2 is 2.15 bits per heavy atom. The van der Waals surface area contributed by atoms with Crippen molar-refractivity contribution < 1.29 is 14.3 Å². The van der Waals surface area contributed by atoms with Crippen LogP contribution in [0.2, 0.25) is 0 Å². The molecule has 0 spiro atoms. The van der Waals surface area contributed by atoms with E-state index in [0.717, 1.165) is 48.5 Å². The molecule has 0 aliphatic carbocycles. The van der Waals surface area contributed by atoms with E-state index in [1.54, 1.807) is 6.20 Å². The lowest BCUT2D eigenvalue weighted by Gasteiger charge is -2.26. The number of amides is 1. The first kappa shape index (κ1) is 25.2. The van der Waals surface area contributed by atoms with Gasteiger partial charge in [0.15, 0.2) is 0 Å². The van der Waals surface area contributed by atoms with E-state index in [1.807, 2.05) is 57.1 Å². The Morgan fingerprint density at radius 1 is 1.32 bits per heavy atom. The van der Waals surface area contributed by atoms with Gasteiger partial charge in [0.25, 0.3) is 0 Å². The number of allylic oxidation sites excluding steroid dienone is 2. The molecule has 0 bridgehead atoms. The molecule has 1 amide bonds. The summed E-state index contributed by atoms with van der Waals surface area (Å²) in [5.74, 6) is 0.759. The number of aromatic amines is 1. The van der Waals surface area contributed by atoms with Crippen molar-refractivity contribution in [1.29, 1.82) is 0 Å². The zero-order valence-electron chi connectivity index (χ0n) is 20.2. The summed E-state index contributed by atoms with van der Waals surface area (Å²) in [4.78, 5) is 37.3. The summed E-state index contributed by atoms with van der Waals surface area (Å²) >= 11 is 0. The third-order valence-electron chi connectivity index (χ3n) is 5.00. The summed E-state index contributed by atoms with van der Waals surface area (Å²) in [6.07, 6.45) is 11.4. The van der Waals surface area contributed by atoms with Crippen LogP contribution in [0, 0.1) is 0 Å². The molecule has 4 heterocycles. The van der Waals surface area contributed by atoms with Crippen molar-refractivity contribution in [2.24, 2.45) is 0 Å². The molecule has 2 aliphatic rings. The van der Waals surface area contributed by atoms with E-state index in [-0.39, 0.29) is 12.3 Å². The van der Waals surface area contributed by atoms with E-state index in [0.29, 0.717) is 13.1 Å². The number of hydrogen-bond acceptors (Lipinski definition) is 9. The second-order valence-corrected chi connectivity index (χ2v) is 8.92. The molecule has 2 aromatic rings. The zero-order valence-corrected chi connectivity index (χ0v) is 20.2. The van der Waals surface area contributed by atoms with Gasteiger partial charge in [-0.25, -0.2) is 14.8 Å². The molecule has 0 unspecified atom stereocenters. The Hall–Kier alpha value is -3.44. The number of ether oxygens (including phenoxy) is 1. The predicted octanol–water partition coefficient (Wildman–Crippen LogP) is 1.83. The first-order valence-electron chi connectivity index (χ1n) is 11.3. The molecule has 11 heteroatoms. The molecule has 1 atom stereocenters. The van der Waals surface area contributed by atoms with Gasteiger partial charge in [-0.3, -0.25) is 10.2 Å². The Labute approximate surface area is 199 Å². The minimum Gasteiger partial charge on any atom is -0.443 e. The molecule has 1 fully saturated rings. The number of carbonyl (C=O) groups excluding carboxylic acids is 2. The number of nitrogens with one attached hydrogen (secondary N) is 4. The molecular weight excluding hydrogens is 436 g/mol. The van der Waals surface area contributed by atoms with Crippen LogP contribution in [0.1, 0.15) is 20.8 Å². The van der Waals surface area contributed by atoms with Crippen LogP contribution in [-0.2, 0) is 9.53 Å². The van der Waals surface area contributed by atoms with Crippen LogP contribution in [0.4, 0.5) is 16.3 Å². The van der Waals surface area contributed by atoms with Crippen molar-refractivity contribution in [2.75, 3.05) is 50.0 Å². The summed E-state index contributed by atoms with van der Waals surface area (Å²) < 4.78 is 5.18. The fourth-order valence-corrected chi connectivity index (χ4v) is 3.41. The van der Waals surface area contributed by atoms with E-state index in [2.05, 4.69) is 30.9 Å². The molecule has 1 saturated heterocycles. The minimum absolute atomic E-state index is 0.121. The zero-order chi connectivity index (χ0) is 24.6. The molecular formula is C23H34N8O3. The van der Waals surface area contributed by atoms with Crippen molar-refractivity contribution in [1.82, 2.24) is 30.5 Å². The highest BCUT2D eigenvalue weighted by molar-refractivity contribution is 5.99. The number of piperazine rings is 1. The molecule has 2 aliphatic heterocycles. The van der Waals surface area contributed by atoms with Gasteiger partial charge >= 0.3 is 6.09 Å². The van der Waals surface area contributed by atoms with Gasteiger partial charge in [0, 0.05) is 45.6 Å². The quantitative estimate of drug-likeness (QED) is 0.484. The van der Waals surface area contributed by atoms with Crippen molar-refractivity contribution in [3.63, 3.8) is 0 Å². The molecule has 4 rings (SSSR count). The number of aldehydes is 1. The monoisotopic (exact) mass is 470 g/mol. The number of fused-ring (bicyclic) bond motifs is 1. The maximum atomic E-state index is 11.4. The van der Waals surface area contributed by atoms with Gasteiger partial charge in [-0.1, -0.05) is 12.2 Å². The van der Waals surface area contributed by atoms with Crippen LogP contribution in [0.3, 0.4) is 0 Å². The Kier molecular flexibility index (Phi) is 8.61. The number of hydrogen-bond donors (Lipinski definition) is 4. The smallest absolute Gasteiger partial charge is 0.414 e. The summed E-state index contributed by atoms with van der Waals surface area (Å²) in [6, 6.07) is 0. The third-order valence-corrected chi connectivity index (χ3v) is 5.00. The molecule has 11 nitrogen and oxygen atoms in total. The number of nitrogens with zero attached hydrogens (tertiary/aromatic N) is 4. The normalized spacial score (nSPS) is 17.6. The lowest BCUT2D eigenvalue weighted by Crippen LogP contribution is -2.52. The van der Waals surface area contributed by atoms with Gasteiger partial charge in [-0.05, 0) is 26.8 Å². The molecule has 2 aromatic heterocycles. The fraction of sp³-hybridized carbons (Fsp3) is 0.478. The Balaban J connectivity index is 0.000000215. The number of rotatable bonds is 5. The third kappa shape index (κ3) is 7.03. The van der Waals surface area contributed by atoms with Crippen molar-refractivity contribution in [3.05, 3.63) is 37.0 Å². The SMILES string of the molecule is CC(C)(C)OC(=O)N1C=CC=CC1.CN(CC=O)c1c[nH]c2ncnc(N[C@@H]3CNCCN3)c12. The molecule has 0 saturated carbocycles. The molecule has 0 aromatic carbocycles. The number of anilines is 2. The maximum Gasteiger partial charge on any atom is 0.414 e. The Bertz CT molecular complexity index is 1020. The van der Waals surface area contributed by atoms with E-state index < -0.39 is 5.60 Å². The van der Waals surface area contributed by atoms with Gasteiger partial charge in [-0.2, -0.15) is 0 Å². The first-order valence-corrected chi connectivity index (χ1v) is 11.3. The number of aromatic nitrogens is 3. The summed E-state index contributed by atoms with van der Waals surface area (Å²) in [7, 11) is 1.87. The summed E-state index contributed by atoms with van der Waals surface area (Å²) in [5, 5.41) is 11.0. The minimum atomic E-state index is -0.425. The highest BCUT2D eigenvalue weighted by atomic mass is 16.6. The first-order chi connectivity index (χ1) is 16.3. The van der Waals surface area contributed by atoms with E-state index in [4.69, 9.17) is 4.74 Å². The lowest BCUT2D eigenvalue weighted by atomic mass is 10.2. The van der Waals surface area contributed by atoms with Gasteiger partial charge in [0.1, 0.15) is 29.7 Å². The average molecular weight is 471 g/mol. The molecule has 34 heavy (non-hydrogen) atoms. The van der Waals surface area contributed by atoms with Crippen LogP contribution in [0.5, 0.6) is 0 Å². The number of likely N-dealkylation sites (N-methyl/N-ethyl adjacent to an activating group) is 1. The topological polar surface area (TPSA) is 128 Å². The van der Waals surface area contributed by atoms with Gasteiger partial charge in [0.05, 0.1) is 23.8 Å². The second-order valence-electron chi connectivity index (χ2n) is 8.92. The maximum absolute atomic E-state index is 11.4. The van der Waals surface area contributed by atoms with Gasteiger partial charge in [0.2, 0.25) is 0 Å². The van der Waals surface area contributed by atoms with Crippen LogP contribution in [0.25, 0.3) is 11.0 Å². The van der Waals surface area contributed by atoms with Gasteiger partial charge in [-0.15, -0.1) is 0 Å². The van der Waals surface area contributed by atoms with E-state index in [9.17, 15) is 9.59 Å². The molecule has 4 N–H and O–H groups in total. The Morgan fingerprint density at radius 3 is 2.79 bits per heavy atom. The van der Waals surface area contributed by atoms with Crippen molar-refractivity contribution in [3.8, 4) is 0 Å². The summed E-state index contributed by atoms with van der Waals surface area (Å²) in [5.41, 5.74) is 1.24. The van der Waals surface area contributed by atoms with Crippen LogP contribution in [0.15, 0.2) is 37.0 Å². The van der Waals surface area contributed by atoms with Crippen LogP contribution >= 0.6 is 0 Å². The standard InChI is InChI=1S/C13H19N7O.C10H15NO2/c1-20(4-5-21)9-6-16-12-11(9)13(18-8-17-12)19-10-7-14-2-3-15-10;1-10(2,3)13-9(12)11-7-5-4-6-8-11/h5-6,8,10,14-15H,2-4,7H2,1H3,(H2,16,17,18,19);4-7H,8H2,1-3H3/t10-;/m1./s1. The average Bonchev–Trinajstić information content (AvgIpc) is 3.25. The molecule has 0 radical (unpaired) electrons. The van der Waals surface area contributed by atoms with E-state index >= 15 is 0 Å². The number of carbonyl (C=O) groups is 2. The van der Waals surface area contributed by atoms with Crippen molar-refractivity contribution in [2.45, 2.75) is 32.5 Å². The van der Waals surface area contributed by atoms with Crippen molar-refractivity contribution >= 4 is 34.9 Å². The molecule has 184 valence electrons. The van der Waals surface area contributed by atoms with E-state index in [1.165, 1.54) is 11.2 Å². The van der Waals surface area contributed by atoms with Crippen LogP contribution in [-0.4, -0.2) is 83.8 Å². The highest BCUT2D eigenvalue weighted by Gasteiger charge is 2.20. The summed E-state index contributed by atoms with van der Waals surface area (Å²) in [6.45, 7) is 9.19. The largest absolute Gasteiger partial charge is 0.443 e. The number of H-pyrrole nitrogens is 1. The fourth-order valence-electron chi connectivity index (χ4n) is 3.41. The lowest BCUT2D eigenvalue weighted by molar-refractivity contribution is -0.106. The highest BCUT2D eigenvalue weighted by Crippen LogP contribution is 2.29. The van der Waals surface area contributed by atoms with Gasteiger partial charge < -0.3 is 30.0 Å². The van der Waals surface area contributed by atoms with Crippen LogP contribution < -0.4 is 20.9 Å².